The predicted molar refractivity (Wildman–Crippen MR) is 66.8 cm³/mol. The summed E-state index contributed by atoms with van der Waals surface area (Å²) in [4.78, 5) is 0. The van der Waals surface area contributed by atoms with Crippen LogP contribution in [0.25, 0.3) is 0 Å². The van der Waals surface area contributed by atoms with Gasteiger partial charge in [-0.3, -0.25) is 0 Å². The minimum Gasteiger partial charge on any atom is -0.486 e. The molecule has 1 N–H and O–H groups in total. The van der Waals surface area contributed by atoms with Crippen molar-refractivity contribution in [3.05, 3.63) is 23.3 Å². The third kappa shape index (κ3) is 2.00. The molecular weight excluding hydrogens is 214 g/mol. The standard InChI is InChI=1S/C14H19NO2/c1-2-3-10-8-15-9-11-6-13-14(7-12(10)11)17-5-4-16-13/h6-7,10,15H,2-5,8-9H2,1H3. The van der Waals surface area contributed by atoms with E-state index in [0.29, 0.717) is 19.1 Å². The molecule has 0 spiro atoms. The van der Waals surface area contributed by atoms with E-state index in [1.165, 1.54) is 24.0 Å². The van der Waals surface area contributed by atoms with Gasteiger partial charge in [0.2, 0.25) is 0 Å². The molecule has 1 unspecified atom stereocenters. The van der Waals surface area contributed by atoms with Crippen molar-refractivity contribution in [2.45, 2.75) is 32.2 Å². The van der Waals surface area contributed by atoms with Gasteiger partial charge in [-0.15, -0.1) is 0 Å². The van der Waals surface area contributed by atoms with E-state index in [1.54, 1.807) is 0 Å². The Morgan fingerprint density at radius 3 is 2.76 bits per heavy atom. The van der Waals surface area contributed by atoms with Gasteiger partial charge in [-0.05, 0) is 35.6 Å². The minimum atomic E-state index is 0.625. The third-order valence-corrected chi connectivity index (χ3v) is 3.59. The molecule has 0 fully saturated rings. The molecule has 0 saturated heterocycles. The topological polar surface area (TPSA) is 30.5 Å². The first kappa shape index (κ1) is 10.9. The van der Waals surface area contributed by atoms with E-state index in [9.17, 15) is 0 Å². The van der Waals surface area contributed by atoms with Gasteiger partial charge in [0.15, 0.2) is 11.5 Å². The predicted octanol–water partition coefficient (Wildman–Crippen LogP) is 2.44. The van der Waals surface area contributed by atoms with E-state index in [4.69, 9.17) is 9.47 Å². The summed E-state index contributed by atoms with van der Waals surface area (Å²) in [7, 11) is 0. The number of fused-ring (bicyclic) bond motifs is 2. The maximum absolute atomic E-state index is 5.67. The molecule has 92 valence electrons. The lowest BCUT2D eigenvalue weighted by Crippen LogP contribution is -2.28. The van der Waals surface area contributed by atoms with Crippen molar-refractivity contribution >= 4 is 0 Å². The number of hydrogen-bond donors (Lipinski definition) is 1. The Hall–Kier alpha value is -1.22. The molecule has 0 aliphatic carbocycles. The summed E-state index contributed by atoms with van der Waals surface area (Å²) >= 11 is 0. The van der Waals surface area contributed by atoms with Crippen LogP contribution >= 0.6 is 0 Å². The average Bonchev–Trinajstić information content (AvgIpc) is 2.37. The van der Waals surface area contributed by atoms with Crippen molar-refractivity contribution in [3.63, 3.8) is 0 Å². The molecule has 0 bridgehead atoms. The van der Waals surface area contributed by atoms with Gasteiger partial charge in [-0.1, -0.05) is 13.3 Å². The summed E-state index contributed by atoms with van der Waals surface area (Å²) in [5.74, 6) is 2.46. The van der Waals surface area contributed by atoms with Crippen LogP contribution in [0.5, 0.6) is 11.5 Å². The van der Waals surface area contributed by atoms with Gasteiger partial charge in [-0.25, -0.2) is 0 Å². The van der Waals surface area contributed by atoms with Crippen LogP contribution in [0, 0.1) is 0 Å². The number of hydrogen-bond acceptors (Lipinski definition) is 3. The molecule has 2 aliphatic rings. The Morgan fingerprint density at radius 2 is 2.00 bits per heavy atom. The first-order valence-electron chi connectivity index (χ1n) is 6.51. The summed E-state index contributed by atoms with van der Waals surface area (Å²) in [6, 6.07) is 4.35. The average molecular weight is 233 g/mol. The zero-order valence-corrected chi connectivity index (χ0v) is 10.3. The first-order chi connectivity index (χ1) is 8.38. The van der Waals surface area contributed by atoms with Crippen LogP contribution in [-0.4, -0.2) is 19.8 Å². The highest BCUT2D eigenvalue weighted by Gasteiger charge is 2.23. The van der Waals surface area contributed by atoms with E-state index in [1.807, 2.05) is 0 Å². The number of ether oxygens (including phenoxy) is 2. The Kier molecular flexibility index (Phi) is 2.93. The van der Waals surface area contributed by atoms with E-state index in [-0.39, 0.29) is 0 Å². The first-order valence-corrected chi connectivity index (χ1v) is 6.51. The van der Waals surface area contributed by atoms with Crippen LogP contribution in [0.4, 0.5) is 0 Å². The molecule has 0 amide bonds. The Morgan fingerprint density at radius 1 is 1.24 bits per heavy atom. The van der Waals surface area contributed by atoms with E-state index in [2.05, 4.69) is 24.4 Å². The van der Waals surface area contributed by atoms with Crippen LogP contribution in [-0.2, 0) is 6.54 Å². The highest BCUT2D eigenvalue weighted by Crippen LogP contribution is 2.38. The van der Waals surface area contributed by atoms with Crippen molar-refractivity contribution < 1.29 is 9.47 Å². The third-order valence-electron chi connectivity index (χ3n) is 3.59. The molecule has 17 heavy (non-hydrogen) atoms. The van der Waals surface area contributed by atoms with Crippen molar-refractivity contribution in [1.82, 2.24) is 5.32 Å². The van der Waals surface area contributed by atoms with Gasteiger partial charge in [0, 0.05) is 13.1 Å². The Balaban J connectivity index is 1.98. The number of rotatable bonds is 2. The quantitative estimate of drug-likeness (QED) is 0.851. The Labute approximate surface area is 102 Å². The van der Waals surface area contributed by atoms with E-state index in [0.717, 1.165) is 24.6 Å². The van der Waals surface area contributed by atoms with Crippen LogP contribution in [0.15, 0.2) is 12.1 Å². The summed E-state index contributed by atoms with van der Waals surface area (Å²) in [5, 5.41) is 3.49. The minimum absolute atomic E-state index is 0.625. The number of nitrogens with one attached hydrogen (secondary N) is 1. The van der Waals surface area contributed by atoms with Crippen molar-refractivity contribution in [2.24, 2.45) is 0 Å². The fourth-order valence-electron chi connectivity index (χ4n) is 2.78. The fourth-order valence-corrected chi connectivity index (χ4v) is 2.78. The summed E-state index contributed by atoms with van der Waals surface area (Å²) in [6.45, 7) is 5.61. The molecule has 0 aromatic heterocycles. The van der Waals surface area contributed by atoms with E-state index >= 15 is 0 Å². The van der Waals surface area contributed by atoms with Crippen LogP contribution in [0.2, 0.25) is 0 Å². The summed E-state index contributed by atoms with van der Waals surface area (Å²) in [5.41, 5.74) is 2.83. The lowest BCUT2D eigenvalue weighted by atomic mass is 9.87. The van der Waals surface area contributed by atoms with Crippen molar-refractivity contribution in [3.8, 4) is 11.5 Å². The maximum Gasteiger partial charge on any atom is 0.161 e. The monoisotopic (exact) mass is 233 g/mol. The molecule has 2 heterocycles. The van der Waals surface area contributed by atoms with Crippen molar-refractivity contribution in [2.75, 3.05) is 19.8 Å². The summed E-state index contributed by atoms with van der Waals surface area (Å²) in [6.07, 6.45) is 2.46. The van der Waals surface area contributed by atoms with Gasteiger partial charge in [0.25, 0.3) is 0 Å². The lowest BCUT2D eigenvalue weighted by Gasteiger charge is -2.29. The largest absolute Gasteiger partial charge is 0.486 e. The molecule has 1 aromatic carbocycles. The van der Waals surface area contributed by atoms with Gasteiger partial charge in [-0.2, -0.15) is 0 Å². The molecule has 3 rings (SSSR count). The normalized spacial score (nSPS) is 22.1. The van der Waals surface area contributed by atoms with Gasteiger partial charge < -0.3 is 14.8 Å². The zero-order valence-electron chi connectivity index (χ0n) is 10.3. The molecule has 3 nitrogen and oxygen atoms in total. The molecule has 0 radical (unpaired) electrons. The maximum atomic E-state index is 5.67. The summed E-state index contributed by atoms with van der Waals surface area (Å²) < 4.78 is 11.3. The SMILES string of the molecule is CCCC1CNCc2cc3c(cc21)OCCO3. The van der Waals surface area contributed by atoms with Gasteiger partial charge >= 0.3 is 0 Å². The van der Waals surface area contributed by atoms with Crippen molar-refractivity contribution in [1.29, 1.82) is 0 Å². The highest BCUT2D eigenvalue weighted by atomic mass is 16.6. The molecule has 1 aromatic rings. The fraction of sp³-hybridized carbons (Fsp3) is 0.571. The smallest absolute Gasteiger partial charge is 0.161 e. The molecular formula is C14H19NO2. The van der Waals surface area contributed by atoms with Gasteiger partial charge in [0.05, 0.1) is 0 Å². The Bertz CT molecular complexity index is 417. The lowest BCUT2D eigenvalue weighted by molar-refractivity contribution is 0.171. The van der Waals surface area contributed by atoms with Crippen LogP contribution in [0.1, 0.15) is 36.8 Å². The van der Waals surface area contributed by atoms with E-state index < -0.39 is 0 Å². The highest BCUT2D eigenvalue weighted by molar-refractivity contribution is 5.50. The second-order valence-electron chi connectivity index (χ2n) is 4.81. The zero-order chi connectivity index (χ0) is 11.7. The number of benzene rings is 1. The molecule has 3 heteroatoms. The second kappa shape index (κ2) is 4.57. The van der Waals surface area contributed by atoms with Crippen LogP contribution in [0.3, 0.4) is 0 Å². The van der Waals surface area contributed by atoms with Gasteiger partial charge in [0.1, 0.15) is 13.2 Å². The second-order valence-corrected chi connectivity index (χ2v) is 4.81. The van der Waals surface area contributed by atoms with Crippen LogP contribution < -0.4 is 14.8 Å². The molecule has 0 saturated carbocycles. The molecule has 1 atom stereocenters. The molecule has 2 aliphatic heterocycles.